The van der Waals surface area contributed by atoms with Gasteiger partial charge < -0.3 is 9.84 Å². The summed E-state index contributed by atoms with van der Waals surface area (Å²) in [6, 6.07) is 0. The summed E-state index contributed by atoms with van der Waals surface area (Å²) in [4.78, 5) is 36.1. The van der Waals surface area contributed by atoms with Crippen molar-refractivity contribution in [2.24, 2.45) is 0 Å². The molecule has 1 N–H and O–H groups in total. The Hall–Kier alpha value is -1.59. The predicted octanol–water partition coefficient (Wildman–Crippen LogP) is 1.43. The average Bonchev–Trinajstić information content (AvgIpc) is 2.19. The van der Waals surface area contributed by atoms with Crippen LogP contribution in [0.2, 0.25) is 0 Å². The number of hydrogen-bond acceptors (Lipinski definition) is 4. The van der Waals surface area contributed by atoms with Gasteiger partial charge in [-0.2, -0.15) is 0 Å². The normalized spacial score (nSPS) is 24.9. The summed E-state index contributed by atoms with van der Waals surface area (Å²) in [5, 5.41) is 9.22. The summed E-state index contributed by atoms with van der Waals surface area (Å²) in [6.07, 6.45) is -0.135. The molecule has 1 rings (SSSR count). The van der Waals surface area contributed by atoms with Crippen LogP contribution in [0, 0.1) is 0 Å². The molecule has 1 atom stereocenters. The summed E-state index contributed by atoms with van der Waals surface area (Å²) in [5.74, 6) is -1.79. The standard InChI is InChI=1S/C12H19NO5/c1-11(2,3)18-10(17)13-7-5-6-8(14)12(13,4)9(15)16/h5-7H2,1-4H3,(H,15,16). The van der Waals surface area contributed by atoms with Crippen molar-refractivity contribution >= 4 is 17.8 Å². The monoisotopic (exact) mass is 257 g/mol. The number of Topliss-reactive ketones (excluding diaryl/α,β-unsaturated/α-hetero) is 1. The Morgan fingerprint density at radius 2 is 1.94 bits per heavy atom. The number of piperidine rings is 1. The fourth-order valence-electron chi connectivity index (χ4n) is 1.84. The lowest BCUT2D eigenvalue weighted by atomic mass is 9.87. The topological polar surface area (TPSA) is 83.9 Å². The van der Waals surface area contributed by atoms with Crippen LogP contribution in [0.5, 0.6) is 0 Å². The van der Waals surface area contributed by atoms with E-state index >= 15 is 0 Å². The summed E-state index contributed by atoms with van der Waals surface area (Å²) in [6.45, 7) is 6.53. The van der Waals surface area contributed by atoms with Crippen LogP contribution >= 0.6 is 0 Å². The Kier molecular flexibility index (Phi) is 3.69. The van der Waals surface area contributed by atoms with Gasteiger partial charge in [-0.25, -0.2) is 9.59 Å². The Morgan fingerprint density at radius 3 is 2.39 bits per heavy atom. The third kappa shape index (κ3) is 2.63. The zero-order valence-electron chi connectivity index (χ0n) is 11.1. The highest BCUT2D eigenvalue weighted by molar-refractivity contribution is 6.09. The minimum atomic E-state index is -1.82. The van der Waals surface area contributed by atoms with E-state index in [1.54, 1.807) is 20.8 Å². The molecule has 1 heterocycles. The van der Waals surface area contributed by atoms with E-state index in [1.165, 1.54) is 6.92 Å². The molecule has 1 aliphatic rings. The summed E-state index contributed by atoms with van der Waals surface area (Å²) < 4.78 is 5.14. The number of aliphatic carboxylic acids is 1. The maximum atomic E-state index is 12.0. The molecular weight excluding hydrogens is 238 g/mol. The molecule has 1 saturated heterocycles. The van der Waals surface area contributed by atoms with Crippen LogP contribution in [0.15, 0.2) is 0 Å². The van der Waals surface area contributed by atoms with E-state index in [0.29, 0.717) is 6.42 Å². The number of ketones is 1. The van der Waals surface area contributed by atoms with Crippen molar-refractivity contribution < 1.29 is 24.2 Å². The molecule has 1 fully saturated rings. The quantitative estimate of drug-likeness (QED) is 0.718. The highest BCUT2D eigenvalue weighted by Crippen LogP contribution is 2.27. The lowest BCUT2D eigenvalue weighted by Gasteiger charge is -2.40. The SMILES string of the molecule is CC(C)(C)OC(=O)N1CCCC(=O)C1(C)C(=O)O. The van der Waals surface area contributed by atoms with Crippen molar-refractivity contribution in [2.75, 3.05) is 6.54 Å². The lowest BCUT2D eigenvalue weighted by molar-refractivity contribution is -0.158. The second-order valence-electron chi connectivity index (χ2n) is 5.54. The molecule has 0 aliphatic carbocycles. The first-order valence-electron chi connectivity index (χ1n) is 5.86. The van der Waals surface area contributed by atoms with E-state index in [9.17, 15) is 19.5 Å². The molecule has 0 aromatic carbocycles. The predicted molar refractivity (Wildman–Crippen MR) is 63.2 cm³/mol. The van der Waals surface area contributed by atoms with Crippen molar-refractivity contribution in [3.63, 3.8) is 0 Å². The molecular formula is C12H19NO5. The summed E-state index contributed by atoms with van der Waals surface area (Å²) >= 11 is 0. The fraction of sp³-hybridized carbons (Fsp3) is 0.750. The number of nitrogens with zero attached hydrogens (tertiary/aromatic N) is 1. The molecule has 0 bridgehead atoms. The van der Waals surface area contributed by atoms with E-state index in [0.717, 1.165) is 4.90 Å². The van der Waals surface area contributed by atoms with Gasteiger partial charge in [0.15, 0.2) is 11.3 Å². The maximum absolute atomic E-state index is 12.0. The van der Waals surface area contributed by atoms with Crippen LogP contribution in [0.25, 0.3) is 0 Å². The van der Waals surface area contributed by atoms with E-state index in [-0.39, 0.29) is 13.0 Å². The van der Waals surface area contributed by atoms with Crippen molar-refractivity contribution in [1.82, 2.24) is 4.90 Å². The number of rotatable bonds is 1. The van der Waals surface area contributed by atoms with Gasteiger partial charge in [0, 0.05) is 13.0 Å². The van der Waals surface area contributed by atoms with Gasteiger partial charge in [-0.1, -0.05) is 0 Å². The average molecular weight is 257 g/mol. The Labute approximate surface area is 106 Å². The number of amides is 1. The number of hydrogen-bond donors (Lipinski definition) is 1. The Bertz CT molecular complexity index is 384. The number of ether oxygens (including phenoxy) is 1. The Balaban J connectivity index is 3.01. The first-order chi connectivity index (χ1) is 8.09. The molecule has 0 saturated carbocycles. The number of carbonyl (C=O) groups excluding carboxylic acids is 2. The van der Waals surface area contributed by atoms with Crippen molar-refractivity contribution in [2.45, 2.75) is 51.7 Å². The van der Waals surface area contributed by atoms with Gasteiger partial charge in [-0.05, 0) is 34.1 Å². The molecule has 1 amide bonds. The first kappa shape index (κ1) is 14.5. The van der Waals surface area contributed by atoms with Gasteiger partial charge in [0.25, 0.3) is 0 Å². The zero-order chi connectivity index (χ0) is 14.1. The second kappa shape index (κ2) is 4.59. The van der Waals surface area contributed by atoms with E-state index in [4.69, 9.17) is 4.74 Å². The Morgan fingerprint density at radius 1 is 1.39 bits per heavy atom. The van der Waals surface area contributed by atoms with Gasteiger partial charge in [0.2, 0.25) is 0 Å². The van der Waals surface area contributed by atoms with Crippen molar-refractivity contribution in [3.8, 4) is 0 Å². The highest BCUT2D eigenvalue weighted by Gasteiger charge is 2.51. The summed E-state index contributed by atoms with van der Waals surface area (Å²) in [7, 11) is 0. The molecule has 0 radical (unpaired) electrons. The number of carbonyl (C=O) groups is 3. The maximum Gasteiger partial charge on any atom is 0.411 e. The van der Waals surface area contributed by atoms with Gasteiger partial charge in [0.05, 0.1) is 0 Å². The van der Waals surface area contributed by atoms with Crippen LogP contribution in [-0.2, 0) is 14.3 Å². The highest BCUT2D eigenvalue weighted by atomic mass is 16.6. The van der Waals surface area contributed by atoms with E-state index in [2.05, 4.69) is 0 Å². The zero-order valence-corrected chi connectivity index (χ0v) is 11.1. The molecule has 18 heavy (non-hydrogen) atoms. The smallest absolute Gasteiger partial charge is 0.411 e. The van der Waals surface area contributed by atoms with E-state index in [1.807, 2.05) is 0 Å². The second-order valence-corrected chi connectivity index (χ2v) is 5.54. The third-order valence-corrected chi connectivity index (χ3v) is 2.90. The number of carboxylic acid groups (broad SMARTS) is 1. The van der Waals surface area contributed by atoms with Crippen LogP contribution in [0.3, 0.4) is 0 Å². The third-order valence-electron chi connectivity index (χ3n) is 2.90. The molecule has 6 nitrogen and oxygen atoms in total. The van der Waals surface area contributed by atoms with Crippen LogP contribution in [0.4, 0.5) is 4.79 Å². The van der Waals surface area contributed by atoms with Crippen molar-refractivity contribution in [1.29, 1.82) is 0 Å². The number of likely N-dealkylation sites (tertiary alicyclic amines) is 1. The molecule has 0 aromatic heterocycles. The fourth-order valence-corrected chi connectivity index (χ4v) is 1.84. The molecule has 1 aliphatic heterocycles. The summed E-state index contributed by atoms with van der Waals surface area (Å²) in [5.41, 5.74) is -2.54. The lowest BCUT2D eigenvalue weighted by Crippen LogP contribution is -2.63. The largest absolute Gasteiger partial charge is 0.479 e. The van der Waals surface area contributed by atoms with Gasteiger partial charge >= 0.3 is 12.1 Å². The minimum absolute atomic E-state index is 0.169. The minimum Gasteiger partial charge on any atom is -0.479 e. The van der Waals surface area contributed by atoms with Crippen LogP contribution in [-0.4, -0.2) is 45.5 Å². The number of carboxylic acids is 1. The van der Waals surface area contributed by atoms with Crippen molar-refractivity contribution in [3.05, 3.63) is 0 Å². The van der Waals surface area contributed by atoms with Crippen LogP contribution < -0.4 is 0 Å². The molecule has 6 heteroatoms. The van der Waals surface area contributed by atoms with Crippen LogP contribution in [0.1, 0.15) is 40.5 Å². The van der Waals surface area contributed by atoms with Gasteiger partial charge in [-0.15, -0.1) is 0 Å². The van der Waals surface area contributed by atoms with Gasteiger partial charge in [0.1, 0.15) is 5.60 Å². The molecule has 0 spiro atoms. The van der Waals surface area contributed by atoms with Gasteiger partial charge in [-0.3, -0.25) is 9.69 Å². The molecule has 0 aromatic rings. The molecule has 102 valence electrons. The van der Waals surface area contributed by atoms with E-state index < -0.39 is 29.0 Å². The first-order valence-corrected chi connectivity index (χ1v) is 5.86. The molecule has 1 unspecified atom stereocenters.